The van der Waals surface area contributed by atoms with Crippen LogP contribution in [-0.4, -0.2) is 9.97 Å². The summed E-state index contributed by atoms with van der Waals surface area (Å²) in [5.41, 5.74) is 17.8. The Morgan fingerprint density at radius 3 is 1.49 bits per heavy atom. The van der Waals surface area contributed by atoms with Crippen molar-refractivity contribution in [2.24, 2.45) is 0 Å². The Bertz CT molecular complexity index is 2800. The fourth-order valence-electron chi connectivity index (χ4n) is 8.43. The van der Waals surface area contributed by atoms with E-state index < -0.39 is 0 Å². The molecule has 1 aliphatic rings. The molecule has 0 saturated heterocycles. The van der Waals surface area contributed by atoms with E-state index in [2.05, 4.69) is 184 Å². The molecule has 1 heterocycles. The van der Waals surface area contributed by atoms with Gasteiger partial charge in [-0.3, -0.25) is 0 Å². The van der Waals surface area contributed by atoms with Gasteiger partial charge in [0, 0.05) is 22.1 Å². The van der Waals surface area contributed by atoms with Crippen LogP contribution in [0.1, 0.15) is 25.0 Å². The monoisotopic (exact) mass is 702 g/mol. The van der Waals surface area contributed by atoms with Crippen molar-refractivity contribution < 1.29 is 0 Å². The molecule has 0 unspecified atom stereocenters. The minimum Gasteiger partial charge on any atom is -0.228 e. The van der Waals surface area contributed by atoms with Crippen molar-refractivity contribution in [2.75, 3.05) is 0 Å². The van der Waals surface area contributed by atoms with E-state index in [1.165, 1.54) is 61.0 Å². The summed E-state index contributed by atoms with van der Waals surface area (Å²) >= 11 is 0. The summed E-state index contributed by atoms with van der Waals surface area (Å²) in [7, 11) is 0. The van der Waals surface area contributed by atoms with Gasteiger partial charge in [0.1, 0.15) is 0 Å². The number of hydrogen-bond acceptors (Lipinski definition) is 2. The van der Waals surface area contributed by atoms with Crippen LogP contribution in [0.2, 0.25) is 0 Å². The zero-order chi connectivity index (χ0) is 36.9. The van der Waals surface area contributed by atoms with Gasteiger partial charge in [-0.1, -0.05) is 196 Å². The fourth-order valence-corrected chi connectivity index (χ4v) is 8.43. The highest BCUT2D eigenvalue weighted by Gasteiger charge is 2.35. The average molecular weight is 703 g/mol. The summed E-state index contributed by atoms with van der Waals surface area (Å²) in [6.07, 6.45) is 0. The van der Waals surface area contributed by atoms with E-state index in [0.717, 1.165) is 39.3 Å². The van der Waals surface area contributed by atoms with Crippen molar-refractivity contribution in [3.63, 3.8) is 0 Å². The van der Waals surface area contributed by atoms with Gasteiger partial charge in [0.25, 0.3) is 0 Å². The Morgan fingerprint density at radius 2 is 0.800 bits per heavy atom. The third kappa shape index (κ3) is 5.75. The fraction of sp³-hybridized carbons (Fsp3) is 0.0566. The van der Waals surface area contributed by atoms with Crippen LogP contribution in [0.25, 0.3) is 89.2 Å². The number of benzene rings is 8. The van der Waals surface area contributed by atoms with Crippen molar-refractivity contribution >= 4 is 10.8 Å². The highest BCUT2D eigenvalue weighted by Crippen LogP contribution is 2.49. The van der Waals surface area contributed by atoms with Gasteiger partial charge in [0.15, 0.2) is 5.82 Å². The molecule has 9 aromatic rings. The molecule has 2 heteroatoms. The first kappa shape index (κ1) is 32.7. The Balaban J connectivity index is 0.969. The number of rotatable bonds is 6. The molecule has 1 aliphatic carbocycles. The van der Waals surface area contributed by atoms with E-state index >= 15 is 0 Å². The van der Waals surface area contributed by atoms with Gasteiger partial charge in [-0.15, -0.1) is 0 Å². The summed E-state index contributed by atoms with van der Waals surface area (Å²) in [4.78, 5) is 10.2. The zero-order valence-corrected chi connectivity index (χ0v) is 30.9. The van der Waals surface area contributed by atoms with Crippen LogP contribution in [0.5, 0.6) is 0 Å². The van der Waals surface area contributed by atoms with E-state index in [1.807, 2.05) is 24.3 Å². The van der Waals surface area contributed by atoms with Crippen molar-refractivity contribution in [1.29, 1.82) is 0 Å². The number of fused-ring (bicyclic) bond motifs is 4. The Kier molecular flexibility index (Phi) is 7.85. The molecule has 0 N–H and O–H groups in total. The summed E-state index contributed by atoms with van der Waals surface area (Å²) < 4.78 is 0. The number of aromatic nitrogens is 2. The smallest absolute Gasteiger partial charge is 0.160 e. The largest absolute Gasteiger partial charge is 0.228 e. The molecular formula is C53H38N2. The molecule has 0 aliphatic heterocycles. The second kappa shape index (κ2) is 13.2. The van der Waals surface area contributed by atoms with E-state index in [4.69, 9.17) is 9.97 Å². The third-order valence-corrected chi connectivity index (χ3v) is 11.4. The van der Waals surface area contributed by atoms with Gasteiger partial charge in [-0.2, -0.15) is 0 Å². The SMILES string of the molecule is CC1(C)c2ccccc2-c2cc(-c3ccc(-c4ccc(-c5ccc(-c6cc(-c7ccccc7)nc(-c7ccccc7)n6)c6ccccc56)cc4)cc3)ccc21. The van der Waals surface area contributed by atoms with E-state index in [1.54, 1.807) is 0 Å². The lowest BCUT2D eigenvalue weighted by Gasteiger charge is -2.21. The lowest BCUT2D eigenvalue weighted by Crippen LogP contribution is -2.14. The standard InChI is InChI=1S/C53H38N2/c1-53(2)48-20-12-11-19-45(48)47-33-41(29-32-49(47)53)37-23-21-35(22-24-37)36-25-27-38(28-26-36)42-30-31-46(44-18-10-9-17-43(42)44)51-34-50(39-13-5-3-6-14-39)54-52(55-51)40-15-7-4-8-16-40/h3-34H,1-2H3. The minimum absolute atomic E-state index is 0.0187. The van der Waals surface area contributed by atoms with Gasteiger partial charge in [-0.05, 0) is 78.5 Å². The van der Waals surface area contributed by atoms with Crippen molar-refractivity contribution in [3.8, 4) is 78.4 Å². The van der Waals surface area contributed by atoms with Crippen molar-refractivity contribution in [1.82, 2.24) is 9.97 Å². The molecule has 0 radical (unpaired) electrons. The molecule has 55 heavy (non-hydrogen) atoms. The first-order valence-corrected chi connectivity index (χ1v) is 19.0. The lowest BCUT2D eigenvalue weighted by atomic mass is 9.82. The van der Waals surface area contributed by atoms with Crippen LogP contribution < -0.4 is 0 Å². The normalized spacial score (nSPS) is 12.7. The molecule has 0 amide bonds. The van der Waals surface area contributed by atoms with Gasteiger partial charge >= 0.3 is 0 Å². The van der Waals surface area contributed by atoms with E-state index in [9.17, 15) is 0 Å². The molecule has 0 atom stereocenters. The maximum atomic E-state index is 5.14. The Labute approximate surface area is 322 Å². The molecule has 0 bridgehead atoms. The third-order valence-electron chi connectivity index (χ3n) is 11.4. The molecule has 10 rings (SSSR count). The maximum Gasteiger partial charge on any atom is 0.160 e. The van der Waals surface area contributed by atoms with Crippen LogP contribution in [0.4, 0.5) is 0 Å². The molecule has 8 aromatic carbocycles. The predicted octanol–water partition coefficient (Wildman–Crippen LogP) is 13.9. The summed E-state index contributed by atoms with van der Waals surface area (Å²) in [6, 6.07) is 69.6. The highest BCUT2D eigenvalue weighted by atomic mass is 14.9. The first-order chi connectivity index (χ1) is 27.0. The van der Waals surface area contributed by atoms with Crippen LogP contribution in [0.15, 0.2) is 194 Å². The van der Waals surface area contributed by atoms with E-state index in [0.29, 0.717) is 0 Å². The van der Waals surface area contributed by atoms with Crippen LogP contribution in [-0.2, 0) is 5.41 Å². The molecule has 260 valence electrons. The van der Waals surface area contributed by atoms with Crippen LogP contribution in [0.3, 0.4) is 0 Å². The molecule has 0 saturated carbocycles. The van der Waals surface area contributed by atoms with Gasteiger partial charge in [0.05, 0.1) is 11.4 Å². The zero-order valence-electron chi connectivity index (χ0n) is 30.9. The first-order valence-electron chi connectivity index (χ1n) is 19.0. The predicted molar refractivity (Wildman–Crippen MR) is 230 cm³/mol. The number of hydrogen-bond donors (Lipinski definition) is 0. The molecule has 1 aromatic heterocycles. The van der Waals surface area contributed by atoms with Gasteiger partial charge < -0.3 is 0 Å². The quantitative estimate of drug-likeness (QED) is 0.172. The topological polar surface area (TPSA) is 25.8 Å². The Morgan fingerprint density at radius 1 is 0.309 bits per heavy atom. The highest BCUT2D eigenvalue weighted by molar-refractivity contribution is 6.05. The second-order valence-corrected chi connectivity index (χ2v) is 15.0. The summed E-state index contributed by atoms with van der Waals surface area (Å²) in [5.74, 6) is 0.718. The van der Waals surface area contributed by atoms with Crippen molar-refractivity contribution in [2.45, 2.75) is 19.3 Å². The minimum atomic E-state index is 0.0187. The second-order valence-electron chi connectivity index (χ2n) is 15.0. The molecule has 0 spiro atoms. The van der Waals surface area contributed by atoms with Crippen molar-refractivity contribution in [3.05, 3.63) is 205 Å². The molecule has 2 nitrogen and oxygen atoms in total. The Hall–Kier alpha value is -6.90. The lowest BCUT2D eigenvalue weighted by molar-refractivity contribution is 0.660. The summed E-state index contributed by atoms with van der Waals surface area (Å²) in [6.45, 7) is 4.66. The van der Waals surface area contributed by atoms with Crippen LogP contribution in [0, 0.1) is 0 Å². The van der Waals surface area contributed by atoms with E-state index in [-0.39, 0.29) is 5.41 Å². The summed E-state index contributed by atoms with van der Waals surface area (Å²) in [5, 5.41) is 2.36. The molecule has 0 fully saturated rings. The van der Waals surface area contributed by atoms with Gasteiger partial charge in [-0.25, -0.2) is 9.97 Å². The van der Waals surface area contributed by atoms with Crippen LogP contribution >= 0.6 is 0 Å². The maximum absolute atomic E-state index is 5.14. The average Bonchev–Trinajstić information content (AvgIpc) is 3.49. The number of nitrogens with zero attached hydrogens (tertiary/aromatic N) is 2. The van der Waals surface area contributed by atoms with Gasteiger partial charge in [0.2, 0.25) is 0 Å². The molecular weight excluding hydrogens is 665 g/mol.